The van der Waals surface area contributed by atoms with Crippen molar-refractivity contribution in [2.24, 2.45) is 5.92 Å². The van der Waals surface area contributed by atoms with Crippen LogP contribution in [0, 0.1) is 5.92 Å². The van der Waals surface area contributed by atoms with E-state index in [4.69, 9.17) is 9.84 Å². The average Bonchev–Trinajstić information content (AvgIpc) is 2.44. The highest BCUT2D eigenvalue weighted by molar-refractivity contribution is 5.98. The molecule has 1 atom stereocenters. The van der Waals surface area contributed by atoms with Crippen LogP contribution in [0.1, 0.15) is 29.8 Å². The molecule has 21 heavy (non-hydrogen) atoms. The fourth-order valence-corrected chi connectivity index (χ4v) is 1.73. The highest BCUT2D eigenvalue weighted by atomic mass is 16.5. The Morgan fingerprint density at radius 2 is 2.19 bits per heavy atom. The molecule has 6 heteroatoms. The Morgan fingerprint density at radius 3 is 2.76 bits per heavy atom. The van der Waals surface area contributed by atoms with Crippen LogP contribution in [0.4, 0.5) is 0 Å². The van der Waals surface area contributed by atoms with Crippen LogP contribution in [0.3, 0.4) is 0 Å². The lowest BCUT2D eigenvalue weighted by Crippen LogP contribution is -2.41. The monoisotopic (exact) mass is 292 g/mol. The minimum atomic E-state index is -1.08. The molecule has 0 aliphatic heterocycles. The summed E-state index contributed by atoms with van der Waals surface area (Å²) in [5.74, 6) is -1.14. The molecule has 0 aliphatic rings. The van der Waals surface area contributed by atoms with E-state index in [-0.39, 0.29) is 17.9 Å². The van der Waals surface area contributed by atoms with Crippen molar-refractivity contribution in [3.8, 4) is 0 Å². The van der Waals surface area contributed by atoms with Crippen molar-refractivity contribution in [1.29, 1.82) is 0 Å². The summed E-state index contributed by atoms with van der Waals surface area (Å²) in [7, 11) is 1.58. The molecule has 1 aromatic heterocycles. The van der Waals surface area contributed by atoms with Crippen molar-refractivity contribution < 1.29 is 19.4 Å². The summed E-state index contributed by atoms with van der Waals surface area (Å²) in [6.45, 7) is 4.39. The van der Waals surface area contributed by atoms with Gasteiger partial charge in [0.2, 0.25) is 0 Å². The van der Waals surface area contributed by atoms with Gasteiger partial charge in [0, 0.05) is 36.7 Å². The van der Waals surface area contributed by atoms with Gasteiger partial charge in [0.1, 0.15) is 0 Å². The number of aliphatic carboxylic acids is 1. The second-order valence-electron chi connectivity index (χ2n) is 4.91. The number of carbonyl (C=O) groups is 2. The van der Waals surface area contributed by atoms with Gasteiger partial charge in [-0.2, -0.15) is 0 Å². The molecule has 1 aromatic rings. The molecule has 1 heterocycles. The van der Waals surface area contributed by atoms with Gasteiger partial charge in [-0.15, -0.1) is 0 Å². The number of ether oxygens (including phenoxy) is 1. The first-order valence-electron chi connectivity index (χ1n) is 6.60. The van der Waals surface area contributed by atoms with Crippen LogP contribution in [-0.2, 0) is 9.53 Å². The van der Waals surface area contributed by atoms with E-state index in [1.165, 1.54) is 18.5 Å². The van der Waals surface area contributed by atoms with Crippen molar-refractivity contribution in [3.05, 3.63) is 35.7 Å². The molecule has 0 radical (unpaired) electrons. The number of hydrogen-bond donors (Lipinski definition) is 2. The van der Waals surface area contributed by atoms with Gasteiger partial charge in [-0.3, -0.25) is 9.78 Å². The molecule has 0 aliphatic carbocycles. The standard InChI is InChI=1S/C15H20N2O4/c1-10(2)13(9-21-3)17-15(20)12-6-7-16-8-11(12)4-5-14(18)19/h4-8,10,13H,9H2,1-3H3,(H,17,20)(H,18,19). The van der Waals surface area contributed by atoms with Crippen LogP contribution >= 0.6 is 0 Å². The molecule has 0 aromatic carbocycles. The van der Waals surface area contributed by atoms with Gasteiger partial charge < -0.3 is 15.2 Å². The molecule has 1 rings (SSSR count). The number of pyridine rings is 1. The van der Waals surface area contributed by atoms with Crippen LogP contribution in [0.5, 0.6) is 0 Å². The van der Waals surface area contributed by atoms with Crippen molar-refractivity contribution >= 4 is 18.0 Å². The van der Waals surface area contributed by atoms with Crippen LogP contribution in [0.15, 0.2) is 24.5 Å². The smallest absolute Gasteiger partial charge is 0.328 e. The number of carboxylic acids is 1. The molecular weight excluding hydrogens is 272 g/mol. The summed E-state index contributed by atoms with van der Waals surface area (Å²) in [5, 5.41) is 11.6. The SMILES string of the molecule is COCC(NC(=O)c1ccncc1C=CC(=O)O)C(C)C. The van der Waals surface area contributed by atoms with Crippen molar-refractivity contribution in [3.63, 3.8) is 0 Å². The van der Waals surface area contributed by atoms with Crippen LogP contribution in [0.2, 0.25) is 0 Å². The zero-order valence-electron chi connectivity index (χ0n) is 12.4. The first-order valence-corrected chi connectivity index (χ1v) is 6.60. The maximum absolute atomic E-state index is 12.3. The number of nitrogens with one attached hydrogen (secondary N) is 1. The number of rotatable bonds is 7. The number of carboxylic acid groups (broad SMARTS) is 1. The summed E-state index contributed by atoms with van der Waals surface area (Å²) in [4.78, 5) is 26.8. The zero-order valence-corrected chi connectivity index (χ0v) is 12.4. The number of aromatic nitrogens is 1. The summed E-state index contributed by atoms with van der Waals surface area (Å²) < 4.78 is 5.09. The van der Waals surface area contributed by atoms with Gasteiger partial charge in [-0.1, -0.05) is 13.8 Å². The predicted molar refractivity (Wildman–Crippen MR) is 78.9 cm³/mol. The van der Waals surface area contributed by atoms with E-state index in [1.54, 1.807) is 13.2 Å². The number of hydrogen-bond acceptors (Lipinski definition) is 4. The van der Waals surface area contributed by atoms with Crippen molar-refractivity contribution in [1.82, 2.24) is 10.3 Å². The Kier molecular flexibility index (Phi) is 6.55. The Morgan fingerprint density at radius 1 is 1.48 bits per heavy atom. The lowest BCUT2D eigenvalue weighted by atomic mass is 10.0. The molecule has 1 amide bonds. The largest absolute Gasteiger partial charge is 0.478 e. The number of nitrogens with zero attached hydrogens (tertiary/aromatic N) is 1. The molecule has 0 fully saturated rings. The van der Waals surface area contributed by atoms with Crippen LogP contribution < -0.4 is 5.32 Å². The average molecular weight is 292 g/mol. The van der Waals surface area contributed by atoms with E-state index in [9.17, 15) is 9.59 Å². The first kappa shape index (κ1) is 16.8. The number of methoxy groups -OCH3 is 1. The molecule has 0 saturated carbocycles. The van der Waals surface area contributed by atoms with Crippen molar-refractivity contribution in [2.45, 2.75) is 19.9 Å². The van der Waals surface area contributed by atoms with E-state index in [2.05, 4.69) is 10.3 Å². The molecule has 1 unspecified atom stereocenters. The van der Waals surface area contributed by atoms with Gasteiger partial charge in [0.15, 0.2) is 0 Å². The van der Waals surface area contributed by atoms with Gasteiger partial charge in [0.05, 0.1) is 12.6 Å². The van der Waals surface area contributed by atoms with E-state index in [0.717, 1.165) is 6.08 Å². The molecule has 0 spiro atoms. The summed E-state index contributed by atoms with van der Waals surface area (Å²) in [5.41, 5.74) is 0.835. The highest BCUT2D eigenvalue weighted by Gasteiger charge is 2.18. The fraction of sp³-hybridized carbons (Fsp3) is 0.400. The summed E-state index contributed by atoms with van der Waals surface area (Å²) in [6, 6.07) is 1.44. The van der Waals surface area contributed by atoms with E-state index < -0.39 is 5.97 Å². The number of amides is 1. The first-order chi connectivity index (χ1) is 9.95. The maximum atomic E-state index is 12.3. The van der Waals surface area contributed by atoms with Gasteiger partial charge in [0.25, 0.3) is 5.91 Å². The number of carbonyl (C=O) groups excluding carboxylic acids is 1. The molecule has 114 valence electrons. The third-order valence-electron chi connectivity index (χ3n) is 2.97. The maximum Gasteiger partial charge on any atom is 0.328 e. The third-order valence-corrected chi connectivity index (χ3v) is 2.97. The third kappa shape index (κ3) is 5.35. The van der Waals surface area contributed by atoms with Crippen molar-refractivity contribution in [2.75, 3.05) is 13.7 Å². The van der Waals surface area contributed by atoms with Gasteiger partial charge in [-0.05, 0) is 18.1 Å². The normalized spacial score (nSPS) is 12.6. The molecule has 0 bridgehead atoms. The Bertz CT molecular complexity index is 526. The Hall–Kier alpha value is -2.21. The predicted octanol–water partition coefficient (Wildman–Crippen LogP) is 1.58. The molecule has 6 nitrogen and oxygen atoms in total. The van der Waals surface area contributed by atoms with E-state index in [0.29, 0.717) is 17.7 Å². The Labute approximate surface area is 123 Å². The lowest BCUT2D eigenvalue weighted by Gasteiger charge is -2.21. The topological polar surface area (TPSA) is 88.5 Å². The molecule has 0 saturated heterocycles. The van der Waals surface area contributed by atoms with E-state index >= 15 is 0 Å². The quantitative estimate of drug-likeness (QED) is 0.745. The van der Waals surface area contributed by atoms with Gasteiger partial charge in [-0.25, -0.2) is 4.79 Å². The summed E-state index contributed by atoms with van der Waals surface area (Å²) >= 11 is 0. The fourth-order valence-electron chi connectivity index (χ4n) is 1.73. The summed E-state index contributed by atoms with van der Waals surface area (Å²) in [6.07, 6.45) is 5.27. The molecule has 2 N–H and O–H groups in total. The van der Waals surface area contributed by atoms with Crippen LogP contribution in [-0.4, -0.2) is 41.7 Å². The Balaban J connectivity index is 2.94. The van der Waals surface area contributed by atoms with Crippen LogP contribution in [0.25, 0.3) is 6.08 Å². The zero-order chi connectivity index (χ0) is 15.8. The second kappa shape index (κ2) is 8.16. The van der Waals surface area contributed by atoms with E-state index in [1.807, 2.05) is 13.8 Å². The molecular formula is C15H20N2O4. The lowest BCUT2D eigenvalue weighted by molar-refractivity contribution is -0.131. The minimum Gasteiger partial charge on any atom is -0.478 e. The highest BCUT2D eigenvalue weighted by Crippen LogP contribution is 2.11. The minimum absolute atomic E-state index is 0.119. The van der Waals surface area contributed by atoms with Gasteiger partial charge >= 0.3 is 5.97 Å². The second-order valence-corrected chi connectivity index (χ2v) is 4.91.